The highest BCUT2D eigenvalue weighted by Gasteiger charge is 2.25. The normalized spacial score (nSPS) is 17.1. The van der Waals surface area contributed by atoms with Crippen LogP contribution < -0.4 is 5.73 Å². The zero-order chi connectivity index (χ0) is 14.5. The Morgan fingerprint density at radius 1 is 1.30 bits per heavy atom. The SMILES string of the molecule is N=C(N)CCN1CCC(C(=O)c2ccc(F)cc2)CC1. The summed E-state index contributed by atoms with van der Waals surface area (Å²) in [6.07, 6.45) is 2.21. The molecule has 1 aromatic carbocycles. The topological polar surface area (TPSA) is 70.2 Å². The van der Waals surface area contributed by atoms with Crippen molar-refractivity contribution in [2.45, 2.75) is 19.3 Å². The molecular weight excluding hydrogens is 257 g/mol. The predicted octanol–water partition coefficient (Wildman–Crippen LogP) is 2.05. The first-order chi connectivity index (χ1) is 9.56. The number of benzene rings is 1. The summed E-state index contributed by atoms with van der Waals surface area (Å²) in [5.41, 5.74) is 5.94. The van der Waals surface area contributed by atoms with Crippen LogP contribution in [0.4, 0.5) is 4.39 Å². The van der Waals surface area contributed by atoms with Gasteiger partial charge in [-0.3, -0.25) is 10.2 Å². The highest BCUT2D eigenvalue weighted by atomic mass is 19.1. The lowest BCUT2D eigenvalue weighted by Crippen LogP contribution is -2.38. The maximum absolute atomic E-state index is 12.8. The van der Waals surface area contributed by atoms with Crippen LogP contribution in [0.1, 0.15) is 29.6 Å². The second-order valence-corrected chi connectivity index (χ2v) is 5.26. The minimum Gasteiger partial charge on any atom is -0.388 e. The summed E-state index contributed by atoms with van der Waals surface area (Å²) >= 11 is 0. The summed E-state index contributed by atoms with van der Waals surface area (Å²) in [4.78, 5) is 14.5. The predicted molar refractivity (Wildman–Crippen MR) is 76.4 cm³/mol. The van der Waals surface area contributed by atoms with E-state index in [1.807, 2.05) is 0 Å². The number of nitrogens with one attached hydrogen (secondary N) is 1. The van der Waals surface area contributed by atoms with Crippen LogP contribution in [0.15, 0.2) is 24.3 Å². The van der Waals surface area contributed by atoms with Gasteiger partial charge in [0.1, 0.15) is 5.82 Å². The lowest BCUT2D eigenvalue weighted by Gasteiger charge is -2.31. The first kappa shape index (κ1) is 14.7. The molecule has 0 radical (unpaired) electrons. The lowest BCUT2D eigenvalue weighted by atomic mass is 9.89. The molecule has 0 atom stereocenters. The van der Waals surface area contributed by atoms with E-state index in [9.17, 15) is 9.18 Å². The Labute approximate surface area is 118 Å². The molecule has 1 fully saturated rings. The number of nitrogens with two attached hydrogens (primary N) is 1. The van der Waals surface area contributed by atoms with E-state index in [-0.39, 0.29) is 23.4 Å². The zero-order valence-corrected chi connectivity index (χ0v) is 11.4. The van der Waals surface area contributed by atoms with Gasteiger partial charge >= 0.3 is 0 Å². The molecule has 20 heavy (non-hydrogen) atoms. The van der Waals surface area contributed by atoms with Crippen LogP contribution in [0, 0.1) is 17.1 Å². The fourth-order valence-electron chi connectivity index (χ4n) is 2.55. The summed E-state index contributed by atoms with van der Waals surface area (Å²) in [6, 6.07) is 5.77. The number of carbonyl (C=O) groups is 1. The van der Waals surface area contributed by atoms with Gasteiger partial charge in [-0.2, -0.15) is 0 Å². The number of hydrogen-bond donors (Lipinski definition) is 2. The van der Waals surface area contributed by atoms with Crippen molar-refractivity contribution in [1.82, 2.24) is 4.90 Å². The van der Waals surface area contributed by atoms with Gasteiger partial charge in [0.2, 0.25) is 0 Å². The molecule has 0 saturated carbocycles. The monoisotopic (exact) mass is 277 g/mol. The number of ketones is 1. The van der Waals surface area contributed by atoms with E-state index in [1.165, 1.54) is 12.1 Å². The third-order valence-corrected chi connectivity index (χ3v) is 3.78. The van der Waals surface area contributed by atoms with Gasteiger partial charge in [-0.05, 0) is 50.2 Å². The molecule has 1 heterocycles. The van der Waals surface area contributed by atoms with E-state index < -0.39 is 0 Å². The molecule has 0 amide bonds. The molecule has 0 bridgehead atoms. The average molecular weight is 277 g/mol. The summed E-state index contributed by atoms with van der Waals surface area (Å²) in [5, 5.41) is 7.22. The minimum atomic E-state index is -0.319. The van der Waals surface area contributed by atoms with Gasteiger partial charge in [0.15, 0.2) is 5.78 Å². The summed E-state index contributed by atoms with van der Waals surface area (Å²) in [6.45, 7) is 2.49. The van der Waals surface area contributed by atoms with Crippen molar-refractivity contribution in [3.05, 3.63) is 35.6 Å². The molecule has 2 rings (SSSR count). The standard InChI is InChI=1S/C15H20FN3O/c16-13-3-1-11(2-4-13)15(20)12-5-8-19(9-6-12)10-7-14(17)18/h1-4,12H,5-10H2,(H3,17,18). The first-order valence-corrected chi connectivity index (χ1v) is 6.91. The second kappa shape index (κ2) is 6.61. The molecule has 108 valence electrons. The van der Waals surface area contributed by atoms with E-state index in [4.69, 9.17) is 11.1 Å². The van der Waals surface area contributed by atoms with E-state index >= 15 is 0 Å². The molecule has 1 aliphatic rings. The third kappa shape index (κ3) is 3.87. The molecule has 0 aliphatic carbocycles. The second-order valence-electron chi connectivity index (χ2n) is 5.26. The molecule has 1 aromatic rings. The maximum atomic E-state index is 12.8. The fourth-order valence-corrected chi connectivity index (χ4v) is 2.55. The number of piperidine rings is 1. The van der Waals surface area contributed by atoms with Crippen molar-refractivity contribution in [3.63, 3.8) is 0 Å². The molecule has 0 spiro atoms. The van der Waals surface area contributed by atoms with Crippen molar-refractivity contribution in [2.75, 3.05) is 19.6 Å². The Bertz CT molecular complexity index is 478. The molecule has 0 unspecified atom stereocenters. The third-order valence-electron chi connectivity index (χ3n) is 3.78. The number of likely N-dealkylation sites (tertiary alicyclic amines) is 1. The first-order valence-electron chi connectivity index (χ1n) is 6.91. The van der Waals surface area contributed by atoms with Gasteiger partial charge in [0, 0.05) is 24.4 Å². The highest BCUT2D eigenvalue weighted by molar-refractivity contribution is 5.97. The summed E-state index contributed by atoms with van der Waals surface area (Å²) in [7, 11) is 0. The number of amidine groups is 1. The number of Topliss-reactive ketones (excluding diaryl/α,β-unsaturated/α-hetero) is 1. The van der Waals surface area contributed by atoms with Gasteiger partial charge < -0.3 is 10.6 Å². The van der Waals surface area contributed by atoms with Gasteiger partial charge in [-0.25, -0.2) is 4.39 Å². The van der Waals surface area contributed by atoms with Gasteiger partial charge in [0.25, 0.3) is 0 Å². The van der Waals surface area contributed by atoms with Crippen molar-refractivity contribution in [3.8, 4) is 0 Å². The van der Waals surface area contributed by atoms with Crippen molar-refractivity contribution in [1.29, 1.82) is 5.41 Å². The maximum Gasteiger partial charge on any atom is 0.166 e. The Morgan fingerprint density at radius 3 is 2.45 bits per heavy atom. The molecular formula is C15H20FN3O. The Balaban J connectivity index is 1.85. The van der Waals surface area contributed by atoms with Crippen LogP contribution in [-0.4, -0.2) is 36.2 Å². The van der Waals surface area contributed by atoms with Crippen molar-refractivity contribution >= 4 is 11.6 Å². The molecule has 0 aromatic heterocycles. The number of hydrogen-bond acceptors (Lipinski definition) is 3. The van der Waals surface area contributed by atoms with E-state index in [2.05, 4.69) is 4.90 Å². The molecule has 1 aliphatic heterocycles. The Hall–Kier alpha value is -1.75. The quantitative estimate of drug-likeness (QED) is 0.491. The van der Waals surface area contributed by atoms with Crippen molar-refractivity contribution < 1.29 is 9.18 Å². The van der Waals surface area contributed by atoms with Crippen LogP contribution >= 0.6 is 0 Å². The van der Waals surface area contributed by atoms with Gasteiger partial charge in [-0.1, -0.05) is 0 Å². The molecule has 4 nitrogen and oxygen atoms in total. The van der Waals surface area contributed by atoms with E-state index in [1.54, 1.807) is 12.1 Å². The smallest absolute Gasteiger partial charge is 0.166 e. The van der Waals surface area contributed by atoms with E-state index in [0.29, 0.717) is 12.0 Å². The van der Waals surface area contributed by atoms with Crippen LogP contribution in [-0.2, 0) is 0 Å². The van der Waals surface area contributed by atoms with Crippen LogP contribution in [0.3, 0.4) is 0 Å². The number of rotatable bonds is 5. The zero-order valence-electron chi connectivity index (χ0n) is 11.4. The Morgan fingerprint density at radius 2 is 1.90 bits per heavy atom. The van der Waals surface area contributed by atoms with Crippen LogP contribution in [0.2, 0.25) is 0 Å². The highest BCUT2D eigenvalue weighted by Crippen LogP contribution is 2.22. The summed E-state index contributed by atoms with van der Waals surface area (Å²) < 4.78 is 12.8. The fraction of sp³-hybridized carbons (Fsp3) is 0.467. The Kier molecular flexibility index (Phi) is 4.84. The number of halogens is 1. The molecule has 1 saturated heterocycles. The largest absolute Gasteiger partial charge is 0.388 e. The lowest BCUT2D eigenvalue weighted by molar-refractivity contribution is 0.0842. The average Bonchev–Trinajstić information content (AvgIpc) is 2.46. The number of nitrogens with zero attached hydrogens (tertiary/aromatic N) is 1. The molecule has 5 heteroatoms. The van der Waals surface area contributed by atoms with Crippen molar-refractivity contribution in [2.24, 2.45) is 11.7 Å². The number of carbonyl (C=O) groups excluding carboxylic acids is 1. The van der Waals surface area contributed by atoms with Gasteiger partial charge in [-0.15, -0.1) is 0 Å². The van der Waals surface area contributed by atoms with Crippen LogP contribution in [0.5, 0.6) is 0 Å². The van der Waals surface area contributed by atoms with Crippen LogP contribution in [0.25, 0.3) is 0 Å². The van der Waals surface area contributed by atoms with E-state index in [0.717, 1.165) is 32.5 Å². The minimum absolute atomic E-state index is 0.0223. The summed E-state index contributed by atoms with van der Waals surface area (Å²) in [5.74, 6) is 0.0142. The van der Waals surface area contributed by atoms with Gasteiger partial charge in [0.05, 0.1) is 5.84 Å². The molecule has 3 N–H and O–H groups in total.